The van der Waals surface area contributed by atoms with Gasteiger partial charge in [-0.15, -0.1) is 0 Å². The van der Waals surface area contributed by atoms with E-state index in [0.29, 0.717) is 5.69 Å². The Morgan fingerprint density at radius 2 is 1.19 bits per heavy atom. The standard InChI is InChI=1S/C6H4N2.3C4H10.Sn/c7-5-6-3-1-2-4-8-6;3*1-3-4-2;/h1-4H;3*3-4H2,1-2H3;. The molecule has 0 unspecified atom stereocenters. The first-order valence-corrected chi connectivity index (χ1v) is 7.99. The summed E-state index contributed by atoms with van der Waals surface area (Å²) in [6, 6.07) is 7.14. The van der Waals surface area contributed by atoms with Crippen LogP contribution in [-0.2, 0) is 0 Å². The molecular weight excluding hydrogens is 363 g/mol. The van der Waals surface area contributed by atoms with Gasteiger partial charge in [0.25, 0.3) is 0 Å². The smallest absolute Gasteiger partial charge is 0.140 e. The second-order valence-corrected chi connectivity index (χ2v) is 4.33. The van der Waals surface area contributed by atoms with Crippen molar-refractivity contribution in [3.05, 3.63) is 30.1 Å². The van der Waals surface area contributed by atoms with Gasteiger partial charge in [-0.05, 0) is 12.1 Å². The molecule has 120 valence electrons. The van der Waals surface area contributed by atoms with Crippen molar-refractivity contribution in [1.82, 2.24) is 4.98 Å². The average molecular weight is 397 g/mol. The molecule has 0 N–H and O–H groups in total. The minimum Gasteiger partial charge on any atom is -0.246 e. The van der Waals surface area contributed by atoms with E-state index in [1.165, 1.54) is 38.5 Å². The van der Waals surface area contributed by atoms with Crippen LogP contribution in [0.25, 0.3) is 0 Å². The van der Waals surface area contributed by atoms with Crippen molar-refractivity contribution in [2.75, 3.05) is 0 Å². The number of nitriles is 1. The number of hydrogen-bond donors (Lipinski definition) is 0. The van der Waals surface area contributed by atoms with E-state index in [2.05, 4.69) is 46.5 Å². The van der Waals surface area contributed by atoms with Gasteiger partial charge in [0.15, 0.2) is 0 Å². The third-order valence-electron chi connectivity index (χ3n) is 2.28. The van der Waals surface area contributed by atoms with Crippen molar-refractivity contribution < 1.29 is 0 Å². The molecule has 0 spiro atoms. The third-order valence-corrected chi connectivity index (χ3v) is 2.28. The molecule has 0 aliphatic rings. The monoisotopic (exact) mass is 398 g/mol. The van der Waals surface area contributed by atoms with Gasteiger partial charge in [0.2, 0.25) is 0 Å². The predicted octanol–water partition coefficient (Wildman–Crippen LogP) is 5.99. The van der Waals surface area contributed by atoms with Gasteiger partial charge in [-0.1, -0.05) is 86.1 Å². The van der Waals surface area contributed by atoms with E-state index >= 15 is 0 Å². The fraction of sp³-hybridized carbons (Fsp3) is 0.667. The zero-order valence-electron chi connectivity index (χ0n) is 14.9. The molecule has 0 aliphatic carbocycles. The molecule has 3 heteroatoms. The molecule has 0 fully saturated rings. The summed E-state index contributed by atoms with van der Waals surface area (Å²) in [6.45, 7) is 13.1. The van der Waals surface area contributed by atoms with Crippen LogP contribution in [0, 0.1) is 11.3 Å². The molecule has 0 saturated carbocycles. The van der Waals surface area contributed by atoms with Gasteiger partial charge in [0.05, 0.1) is 0 Å². The Morgan fingerprint density at radius 3 is 1.33 bits per heavy atom. The number of nitrogens with zero attached hydrogens (tertiary/aromatic N) is 2. The normalized spacial score (nSPS) is 7.29. The summed E-state index contributed by atoms with van der Waals surface area (Å²) in [5, 5.41) is 8.23. The van der Waals surface area contributed by atoms with E-state index in [-0.39, 0.29) is 23.9 Å². The molecule has 0 atom stereocenters. The van der Waals surface area contributed by atoms with Crippen LogP contribution >= 0.6 is 0 Å². The molecule has 0 amide bonds. The first-order valence-electron chi connectivity index (χ1n) is 7.99. The maximum Gasteiger partial charge on any atom is 0.140 e. The van der Waals surface area contributed by atoms with E-state index in [9.17, 15) is 0 Å². The molecule has 1 aromatic rings. The van der Waals surface area contributed by atoms with E-state index in [0.717, 1.165) is 0 Å². The number of unbranched alkanes of at least 4 members (excludes halogenated alkanes) is 3. The van der Waals surface area contributed by atoms with Crippen molar-refractivity contribution in [2.45, 2.75) is 80.1 Å². The summed E-state index contributed by atoms with van der Waals surface area (Å²) in [4.78, 5) is 3.74. The first kappa shape index (κ1) is 28.6. The Morgan fingerprint density at radius 1 is 0.810 bits per heavy atom. The van der Waals surface area contributed by atoms with Gasteiger partial charge in [-0.2, -0.15) is 5.26 Å². The minimum atomic E-state index is 0. The van der Waals surface area contributed by atoms with E-state index < -0.39 is 0 Å². The molecule has 0 aromatic carbocycles. The van der Waals surface area contributed by atoms with Crippen LogP contribution in [0.4, 0.5) is 0 Å². The summed E-state index contributed by atoms with van der Waals surface area (Å²) < 4.78 is 0. The van der Waals surface area contributed by atoms with Crippen LogP contribution in [0.1, 0.15) is 85.8 Å². The van der Waals surface area contributed by atoms with Crippen molar-refractivity contribution in [3.8, 4) is 6.07 Å². The van der Waals surface area contributed by atoms with E-state index in [4.69, 9.17) is 5.26 Å². The van der Waals surface area contributed by atoms with Gasteiger partial charge in [-0.3, -0.25) is 0 Å². The van der Waals surface area contributed by atoms with Gasteiger partial charge < -0.3 is 0 Å². The number of hydrogen-bond acceptors (Lipinski definition) is 2. The van der Waals surface area contributed by atoms with E-state index in [1.54, 1.807) is 24.4 Å². The van der Waals surface area contributed by atoms with Crippen molar-refractivity contribution >= 4 is 23.9 Å². The average Bonchev–Trinajstić information content (AvgIpc) is 2.56. The Hall–Kier alpha value is -0.561. The SMILES string of the molecule is CCCC.CCCC.CCCC.N#Cc1ccccn1.[Sn]. The fourth-order valence-electron chi connectivity index (χ4n) is 0.429. The summed E-state index contributed by atoms with van der Waals surface area (Å²) in [6.07, 6.45) is 9.51. The summed E-state index contributed by atoms with van der Waals surface area (Å²) in [5.74, 6) is 0. The zero-order valence-corrected chi connectivity index (χ0v) is 17.8. The number of aromatic nitrogens is 1. The van der Waals surface area contributed by atoms with Gasteiger partial charge >= 0.3 is 0 Å². The molecule has 0 saturated heterocycles. The topological polar surface area (TPSA) is 36.7 Å². The molecule has 1 rings (SSSR count). The van der Waals surface area contributed by atoms with Crippen LogP contribution < -0.4 is 0 Å². The fourth-order valence-corrected chi connectivity index (χ4v) is 0.429. The Kier molecular flexibility index (Phi) is 43.1. The molecule has 21 heavy (non-hydrogen) atoms. The maximum absolute atomic E-state index is 8.23. The third kappa shape index (κ3) is 38.2. The van der Waals surface area contributed by atoms with Crippen LogP contribution in [0.3, 0.4) is 0 Å². The van der Waals surface area contributed by atoms with Crippen molar-refractivity contribution in [2.24, 2.45) is 0 Å². The summed E-state index contributed by atoms with van der Waals surface area (Å²) >= 11 is 0. The van der Waals surface area contributed by atoms with Crippen LogP contribution in [0.5, 0.6) is 0 Å². The molecule has 1 heterocycles. The molecule has 4 radical (unpaired) electrons. The minimum absolute atomic E-state index is 0. The molecular formula is C18H34N2Sn. The predicted molar refractivity (Wildman–Crippen MR) is 96.5 cm³/mol. The second-order valence-electron chi connectivity index (χ2n) is 4.33. The van der Waals surface area contributed by atoms with Crippen LogP contribution in [0.15, 0.2) is 24.4 Å². The van der Waals surface area contributed by atoms with Gasteiger partial charge in [0, 0.05) is 30.1 Å². The van der Waals surface area contributed by atoms with Crippen LogP contribution in [0.2, 0.25) is 0 Å². The number of pyridine rings is 1. The Labute approximate surface area is 150 Å². The quantitative estimate of drug-likeness (QED) is 0.588. The van der Waals surface area contributed by atoms with Crippen LogP contribution in [-0.4, -0.2) is 28.9 Å². The first-order chi connectivity index (χ1) is 9.67. The maximum atomic E-state index is 8.23. The summed E-state index contributed by atoms with van der Waals surface area (Å²) in [7, 11) is 0. The zero-order chi connectivity index (χ0) is 16.1. The molecule has 1 aromatic heterocycles. The van der Waals surface area contributed by atoms with Crippen molar-refractivity contribution in [3.63, 3.8) is 0 Å². The van der Waals surface area contributed by atoms with Crippen molar-refractivity contribution in [1.29, 1.82) is 5.26 Å². The van der Waals surface area contributed by atoms with E-state index in [1.807, 2.05) is 6.07 Å². The largest absolute Gasteiger partial charge is 0.246 e. The Bertz CT molecular complexity index is 266. The Balaban J connectivity index is -0.0000000973. The molecule has 2 nitrogen and oxygen atoms in total. The summed E-state index contributed by atoms with van der Waals surface area (Å²) in [5.41, 5.74) is 0.465. The second kappa shape index (κ2) is 31.7. The van der Waals surface area contributed by atoms with Gasteiger partial charge in [-0.25, -0.2) is 4.98 Å². The number of rotatable bonds is 3. The van der Waals surface area contributed by atoms with Gasteiger partial charge in [0.1, 0.15) is 11.8 Å². The molecule has 0 aliphatic heterocycles. The molecule has 0 bridgehead atoms.